The Morgan fingerprint density at radius 1 is 1.07 bits per heavy atom. The summed E-state index contributed by atoms with van der Waals surface area (Å²) in [4.78, 5) is 50.1. The first-order chi connectivity index (χ1) is 20.1. The fourth-order valence-corrected chi connectivity index (χ4v) is 8.26. The molecule has 0 bridgehead atoms. The monoisotopic (exact) mass is 598 g/mol. The lowest BCUT2D eigenvalue weighted by molar-refractivity contribution is -0.671. The molecule has 3 heterocycles. The third-order valence-corrected chi connectivity index (χ3v) is 10.0. The molecule has 5 rings (SSSR count). The molecule has 43 heavy (non-hydrogen) atoms. The number of esters is 3. The number of aliphatic hydroxyl groups is 1. The fourth-order valence-electron chi connectivity index (χ4n) is 8.26. The summed E-state index contributed by atoms with van der Waals surface area (Å²) in [7, 11) is 1.85. The van der Waals surface area contributed by atoms with E-state index in [1.165, 1.54) is 20.8 Å². The molecule has 0 saturated heterocycles. The van der Waals surface area contributed by atoms with E-state index in [2.05, 4.69) is 0 Å². The highest BCUT2D eigenvalue weighted by molar-refractivity contribution is 5.67. The Kier molecular flexibility index (Phi) is 7.69. The van der Waals surface area contributed by atoms with Crippen LogP contribution in [0.3, 0.4) is 0 Å². The third-order valence-electron chi connectivity index (χ3n) is 10.0. The van der Waals surface area contributed by atoms with Crippen LogP contribution >= 0.6 is 0 Å². The van der Waals surface area contributed by atoms with Crippen molar-refractivity contribution in [3.05, 3.63) is 46.6 Å². The van der Waals surface area contributed by atoms with Crippen LogP contribution in [-0.2, 0) is 35.6 Å². The number of aliphatic hydroxyl groups excluding tert-OH is 1. The smallest absolute Gasteiger partial charge is 0.345 e. The molecule has 3 aliphatic rings. The minimum Gasteiger partial charge on any atom is -0.482 e. The zero-order valence-electron chi connectivity index (χ0n) is 25.7. The van der Waals surface area contributed by atoms with Crippen LogP contribution in [0.2, 0.25) is 0 Å². The highest BCUT2D eigenvalue weighted by Crippen LogP contribution is 2.67. The van der Waals surface area contributed by atoms with Crippen LogP contribution in [0.4, 0.5) is 0 Å². The van der Waals surface area contributed by atoms with Gasteiger partial charge in [0.1, 0.15) is 48.5 Å². The minimum atomic E-state index is -1.33. The van der Waals surface area contributed by atoms with Crippen molar-refractivity contribution >= 4 is 17.9 Å². The Morgan fingerprint density at radius 3 is 2.37 bits per heavy atom. The minimum absolute atomic E-state index is 0.00113. The number of carbonyl (C=O) groups excluding carboxylic acids is 3. The van der Waals surface area contributed by atoms with Crippen molar-refractivity contribution in [1.82, 2.24) is 0 Å². The van der Waals surface area contributed by atoms with Gasteiger partial charge < -0.3 is 28.5 Å². The first-order valence-electron chi connectivity index (χ1n) is 14.6. The Bertz CT molecular complexity index is 1520. The van der Waals surface area contributed by atoms with E-state index in [4.69, 9.17) is 23.4 Å². The summed E-state index contributed by atoms with van der Waals surface area (Å²) < 4.78 is 31.4. The van der Waals surface area contributed by atoms with E-state index in [1.807, 2.05) is 37.7 Å². The quantitative estimate of drug-likeness (QED) is 0.310. The first-order valence-corrected chi connectivity index (χ1v) is 14.6. The summed E-state index contributed by atoms with van der Waals surface area (Å²) in [5.41, 5.74) is -2.95. The van der Waals surface area contributed by atoms with E-state index in [-0.39, 0.29) is 36.0 Å². The van der Waals surface area contributed by atoms with Crippen LogP contribution in [0.15, 0.2) is 39.8 Å². The van der Waals surface area contributed by atoms with Crippen molar-refractivity contribution in [1.29, 1.82) is 0 Å². The Balaban J connectivity index is 1.66. The van der Waals surface area contributed by atoms with Gasteiger partial charge in [0.15, 0.2) is 12.4 Å². The van der Waals surface area contributed by atoms with E-state index in [9.17, 15) is 24.3 Å². The van der Waals surface area contributed by atoms with Crippen molar-refractivity contribution in [2.45, 2.75) is 84.7 Å². The van der Waals surface area contributed by atoms with Crippen molar-refractivity contribution in [2.75, 3.05) is 6.61 Å². The predicted octanol–water partition coefficient (Wildman–Crippen LogP) is 3.18. The second kappa shape index (κ2) is 10.8. The van der Waals surface area contributed by atoms with Crippen molar-refractivity contribution in [2.24, 2.45) is 29.7 Å². The van der Waals surface area contributed by atoms with Gasteiger partial charge >= 0.3 is 23.5 Å². The summed E-state index contributed by atoms with van der Waals surface area (Å²) in [5, 5.41) is 12.1. The highest BCUT2D eigenvalue weighted by Gasteiger charge is 2.70. The van der Waals surface area contributed by atoms with E-state index >= 15 is 0 Å². The average molecular weight is 599 g/mol. The van der Waals surface area contributed by atoms with E-state index in [0.717, 1.165) is 0 Å². The van der Waals surface area contributed by atoms with Crippen LogP contribution in [0.25, 0.3) is 11.3 Å². The Hall–Kier alpha value is -3.73. The van der Waals surface area contributed by atoms with Crippen molar-refractivity contribution in [3.8, 4) is 17.1 Å². The average Bonchev–Trinajstić information content (AvgIpc) is 2.89. The SMILES string of the molecule is CC(=O)OC[C@@]1(C)C2C[C@H](OC(C)=O)[C@@]3(C)Oc4cc(-c5ccc[n+](C)c5)oc(=O)c4C(O)C3[C@@]2(C)CC[C@@H]1OC(C)=O. The van der Waals surface area contributed by atoms with Gasteiger partial charge in [-0.2, -0.15) is 0 Å². The van der Waals surface area contributed by atoms with Gasteiger partial charge in [0.2, 0.25) is 0 Å². The van der Waals surface area contributed by atoms with Crippen LogP contribution < -0.4 is 14.9 Å². The predicted molar refractivity (Wildman–Crippen MR) is 150 cm³/mol. The molecule has 0 radical (unpaired) electrons. The van der Waals surface area contributed by atoms with Crippen LogP contribution in [0.1, 0.15) is 72.5 Å². The molecule has 1 aliphatic heterocycles. The van der Waals surface area contributed by atoms with Gasteiger partial charge in [-0.25, -0.2) is 9.36 Å². The molecule has 2 fully saturated rings. The van der Waals surface area contributed by atoms with Gasteiger partial charge in [0, 0.05) is 44.2 Å². The maximum atomic E-state index is 13.5. The summed E-state index contributed by atoms with van der Waals surface area (Å²) in [6, 6.07) is 5.21. The standard InChI is InChI=1S/C32H40NO10/c1-17(34)39-16-31(5)23-14-25(41-19(3)36)32(6)28(30(23,4)11-10-24(31)40-18(2)35)27(37)26-22(43-32)13-21(42-29(26)38)20-9-8-12-33(7)15-20/h8-9,12-13,15,23-25,27-28,37H,10-11,14,16H2,1-7H3/q+1/t23?,24-,25-,27?,28?,30-,31-,32+/m0/s1. The van der Waals surface area contributed by atoms with Crippen LogP contribution in [-0.4, -0.2) is 47.4 Å². The van der Waals surface area contributed by atoms with Gasteiger partial charge in [0.05, 0.1) is 11.7 Å². The Labute approximate surface area is 250 Å². The molecule has 2 aliphatic carbocycles. The molecule has 0 amide bonds. The van der Waals surface area contributed by atoms with Gasteiger partial charge in [-0.15, -0.1) is 0 Å². The summed E-state index contributed by atoms with van der Waals surface area (Å²) in [6.45, 7) is 9.61. The molecule has 2 aromatic heterocycles. The number of hydrogen-bond donors (Lipinski definition) is 1. The maximum absolute atomic E-state index is 13.5. The molecule has 3 unspecified atom stereocenters. The van der Waals surface area contributed by atoms with E-state index in [0.29, 0.717) is 18.4 Å². The number of pyridine rings is 1. The van der Waals surface area contributed by atoms with Gasteiger partial charge in [-0.05, 0) is 43.6 Å². The molecular formula is C32H40NO10+. The lowest BCUT2D eigenvalue weighted by atomic mass is 9.42. The molecule has 11 nitrogen and oxygen atoms in total. The molecule has 11 heteroatoms. The molecule has 2 saturated carbocycles. The molecule has 0 aromatic carbocycles. The molecule has 2 aromatic rings. The summed E-state index contributed by atoms with van der Waals surface area (Å²) in [5.74, 6) is -2.16. The van der Waals surface area contributed by atoms with Gasteiger partial charge in [-0.3, -0.25) is 14.4 Å². The van der Waals surface area contributed by atoms with Crippen LogP contribution in [0.5, 0.6) is 5.75 Å². The molecular weight excluding hydrogens is 558 g/mol. The van der Waals surface area contributed by atoms with Crippen LogP contribution in [0, 0.1) is 22.7 Å². The van der Waals surface area contributed by atoms with Crippen molar-refractivity contribution < 1.29 is 47.4 Å². The highest BCUT2D eigenvalue weighted by atomic mass is 16.6. The second-order valence-corrected chi connectivity index (χ2v) is 13.0. The zero-order valence-corrected chi connectivity index (χ0v) is 25.7. The number of ether oxygens (including phenoxy) is 4. The summed E-state index contributed by atoms with van der Waals surface area (Å²) in [6.07, 6.45) is 2.07. The number of fused-ring (bicyclic) bond motifs is 4. The first kappa shape index (κ1) is 30.7. The number of rotatable bonds is 5. The van der Waals surface area contributed by atoms with Gasteiger partial charge in [-0.1, -0.05) is 13.8 Å². The third kappa shape index (κ3) is 5.11. The largest absolute Gasteiger partial charge is 0.482 e. The molecule has 0 spiro atoms. The lowest BCUT2D eigenvalue weighted by Gasteiger charge is -2.66. The Morgan fingerprint density at radius 2 is 1.74 bits per heavy atom. The van der Waals surface area contributed by atoms with Crippen molar-refractivity contribution in [3.63, 3.8) is 0 Å². The molecule has 1 N–H and O–H groups in total. The number of carbonyl (C=O) groups is 3. The van der Waals surface area contributed by atoms with E-state index in [1.54, 1.807) is 25.3 Å². The number of aryl methyl sites for hydroxylation is 1. The second-order valence-electron chi connectivity index (χ2n) is 13.0. The number of aromatic nitrogens is 1. The number of hydrogen-bond acceptors (Lipinski definition) is 10. The zero-order chi connectivity index (χ0) is 31.5. The number of nitrogens with zero attached hydrogens (tertiary/aromatic N) is 1. The summed E-state index contributed by atoms with van der Waals surface area (Å²) >= 11 is 0. The molecule has 232 valence electrons. The normalized spacial score (nSPS) is 34.5. The lowest BCUT2D eigenvalue weighted by Crippen LogP contribution is -2.71. The molecule has 8 atom stereocenters. The maximum Gasteiger partial charge on any atom is 0.345 e. The topological polar surface area (TPSA) is 142 Å². The van der Waals surface area contributed by atoms with E-state index < -0.39 is 64.2 Å². The fraction of sp³-hybridized carbons (Fsp3) is 0.594. The van der Waals surface area contributed by atoms with Gasteiger partial charge in [0.25, 0.3) is 0 Å².